The second kappa shape index (κ2) is 4.29. The van der Waals surface area contributed by atoms with Crippen molar-refractivity contribution >= 4 is 16.7 Å². The maximum atomic E-state index is 4.27. The summed E-state index contributed by atoms with van der Waals surface area (Å²) in [5.74, 6) is 0. The highest BCUT2D eigenvalue weighted by molar-refractivity contribution is 5.79. The molecule has 0 saturated heterocycles. The number of pyridine rings is 1. The molecule has 1 aromatic carbocycles. The van der Waals surface area contributed by atoms with Gasteiger partial charge in [-0.1, -0.05) is 18.2 Å². The van der Waals surface area contributed by atoms with Gasteiger partial charge in [0, 0.05) is 30.0 Å². The molecule has 84 valence electrons. The van der Waals surface area contributed by atoms with Crippen LogP contribution in [0, 0.1) is 0 Å². The summed E-state index contributed by atoms with van der Waals surface area (Å²) in [6.07, 6.45) is 3.81. The van der Waals surface area contributed by atoms with Gasteiger partial charge < -0.3 is 10.3 Å². The largest absolute Gasteiger partial charge is 0.381 e. The quantitative estimate of drug-likeness (QED) is 0.716. The number of para-hydroxylation sites is 1. The third-order valence-corrected chi connectivity index (χ3v) is 2.79. The van der Waals surface area contributed by atoms with E-state index >= 15 is 0 Å². The van der Waals surface area contributed by atoms with E-state index in [1.54, 1.807) is 6.20 Å². The van der Waals surface area contributed by atoms with Crippen molar-refractivity contribution in [1.29, 1.82) is 0 Å². The fourth-order valence-electron chi connectivity index (χ4n) is 1.91. The minimum atomic E-state index is 0.801. The Kier molecular flexibility index (Phi) is 2.50. The molecule has 0 atom stereocenters. The molecule has 2 N–H and O–H groups in total. The van der Waals surface area contributed by atoms with Crippen molar-refractivity contribution in [2.45, 2.75) is 6.54 Å². The van der Waals surface area contributed by atoms with E-state index in [1.807, 2.05) is 30.5 Å². The molecular weight excluding hydrogens is 210 g/mol. The lowest BCUT2D eigenvalue weighted by Gasteiger charge is -2.04. The normalized spacial score (nSPS) is 10.6. The summed E-state index contributed by atoms with van der Waals surface area (Å²) in [4.78, 5) is 7.45. The first kappa shape index (κ1) is 9.90. The van der Waals surface area contributed by atoms with Crippen LogP contribution in [0.15, 0.2) is 54.9 Å². The zero-order valence-electron chi connectivity index (χ0n) is 9.35. The van der Waals surface area contributed by atoms with Crippen LogP contribution in [0.3, 0.4) is 0 Å². The molecule has 3 heteroatoms. The predicted octanol–water partition coefficient (Wildman–Crippen LogP) is 3.18. The number of fused-ring (bicyclic) bond motifs is 1. The van der Waals surface area contributed by atoms with Gasteiger partial charge in [0.25, 0.3) is 0 Å². The number of hydrogen-bond acceptors (Lipinski definition) is 2. The first-order valence-electron chi connectivity index (χ1n) is 5.63. The Labute approximate surface area is 99.5 Å². The number of hydrogen-bond donors (Lipinski definition) is 2. The van der Waals surface area contributed by atoms with Crippen LogP contribution in [0.4, 0.5) is 5.69 Å². The predicted molar refractivity (Wildman–Crippen MR) is 69.9 cm³/mol. The van der Waals surface area contributed by atoms with Gasteiger partial charge in [-0.05, 0) is 29.8 Å². The molecular formula is C14H13N3. The first-order chi connectivity index (χ1) is 8.43. The number of anilines is 1. The molecule has 0 aliphatic heterocycles. The minimum Gasteiger partial charge on any atom is -0.381 e. The van der Waals surface area contributed by atoms with Crippen molar-refractivity contribution < 1.29 is 0 Å². The van der Waals surface area contributed by atoms with Crippen LogP contribution >= 0.6 is 0 Å². The van der Waals surface area contributed by atoms with E-state index in [4.69, 9.17) is 0 Å². The highest BCUT2D eigenvalue weighted by Crippen LogP contribution is 2.17. The van der Waals surface area contributed by atoms with Gasteiger partial charge in [0.05, 0.1) is 0 Å². The molecule has 0 unspecified atom stereocenters. The molecule has 3 aromatic rings. The van der Waals surface area contributed by atoms with Gasteiger partial charge in [-0.25, -0.2) is 4.98 Å². The fourth-order valence-corrected chi connectivity index (χ4v) is 1.91. The third-order valence-electron chi connectivity index (χ3n) is 2.79. The highest BCUT2D eigenvalue weighted by Gasteiger charge is 2.02. The molecule has 3 rings (SSSR count). The van der Waals surface area contributed by atoms with Crippen LogP contribution in [0.5, 0.6) is 0 Å². The van der Waals surface area contributed by atoms with Crippen LogP contribution in [-0.4, -0.2) is 9.97 Å². The third kappa shape index (κ3) is 1.99. The number of aromatic amines is 1. The van der Waals surface area contributed by atoms with Crippen molar-refractivity contribution in [3.63, 3.8) is 0 Å². The Morgan fingerprint density at radius 3 is 2.82 bits per heavy atom. The van der Waals surface area contributed by atoms with Crippen molar-refractivity contribution in [3.8, 4) is 0 Å². The summed E-state index contributed by atoms with van der Waals surface area (Å²) < 4.78 is 0. The van der Waals surface area contributed by atoms with Gasteiger partial charge in [-0.15, -0.1) is 0 Å². The number of H-pyrrole nitrogens is 1. The summed E-state index contributed by atoms with van der Waals surface area (Å²) in [6, 6.07) is 14.2. The van der Waals surface area contributed by atoms with Gasteiger partial charge in [-0.3, -0.25) is 0 Å². The topological polar surface area (TPSA) is 40.7 Å². The Hall–Kier alpha value is -2.29. The molecule has 0 fully saturated rings. The average Bonchev–Trinajstić information content (AvgIpc) is 2.81. The standard InChI is InChI=1S/C14H13N3/c1-2-5-12(6-3-1)16-9-11-10-17-14-13(11)7-4-8-15-14/h1-8,10,16H,9H2,(H,15,17). The second-order valence-electron chi connectivity index (χ2n) is 3.93. The number of rotatable bonds is 3. The van der Waals surface area contributed by atoms with Crippen LogP contribution in [0.1, 0.15) is 5.56 Å². The Morgan fingerprint density at radius 2 is 1.94 bits per heavy atom. The molecule has 0 bridgehead atoms. The highest BCUT2D eigenvalue weighted by atomic mass is 14.9. The zero-order valence-corrected chi connectivity index (χ0v) is 9.35. The number of benzene rings is 1. The lowest BCUT2D eigenvalue weighted by molar-refractivity contribution is 1.16. The molecule has 2 aromatic heterocycles. The van der Waals surface area contributed by atoms with Gasteiger partial charge in [0.15, 0.2) is 0 Å². The SMILES string of the molecule is c1ccc(NCc2c[nH]c3ncccc23)cc1. The van der Waals surface area contributed by atoms with Crippen molar-refractivity contribution in [2.24, 2.45) is 0 Å². The second-order valence-corrected chi connectivity index (χ2v) is 3.93. The molecule has 0 aliphatic carbocycles. The average molecular weight is 223 g/mol. The first-order valence-corrected chi connectivity index (χ1v) is 5.63. The van der Waals surface area contributed by atoms with E-state index in [2.05, 4.69) is 33.5 Å². The van der Waals surface area contributed by atoms with Gasteiger partial charge in [-0.2, -0.15) is 0 Å². The van der Waals surface area contributed by atoms with E-state index in [9.17, 15) is 0 Å². The number of aromatic nitrogens is 2. The van der Waals surface area contributed by atoms with E-state index in [-0.39, 0.29) is 0 Å². The number of nitrogens with zero attached hydrogens (tertiary/aromatic N) is 1. The number of nitrogens with one attached hydrogen (secondary N) is 2. The Morgan fingerprint density at radius 1 is 1.06 bits per heavy atom. The summed E-state index contributed by atoms with van der Waals surface area (Å²) >= 11 is 0. The molecule has 0 saturated carbocycles. The van der Waals surface area contributed by atoms with Crippen molar-refractivity contribution in [2.75, 3.05) is 5.32 Å². The van der Waals surface area contributed by atoms with E-state index in [0.717, 1.165) is 17.9 Å². The van der Waals surface area contributed by atoms with Crippen LogP contribution < -0.4 is 5.32 Å². The Balaban J connectivity index is 1.82. The molecule has 0 amide bonds. The monoisotopic (exact) mass is 223 g/mol. The molecule has 17 heavy (non-hydrogen) atoms. The molecule has 0 aliphatic rings. The lowest BCUT2D eigenvalue weighted by atomic mass is 10.2. The van der Waals surface area contributed by atoms with Gasteiger partial charge in [0.2, 0.25) is 0 Å². The zero-order chi connectivity index (χ0) is 11.5. The maximum absolute atomic E-state index is 4.27. The van der Waals surface area contributed by atoms with Crippen molar-refractivity contribution in [1.82, 2.24) is 9.97 Å². The van der Waals surface area contributed by atoms with Crippen LogP contribution in [0.25, 0.3) is 11.0 Å². The van der Waals surface area contributed by atoms with E-state index in [0.29, 0.717) is 0 Å². The van der Waals surface area contributed by atoms with Gasteiger partial charge >= 0.3 is 0 Å². The van der Waals surface area contributed by atoms with E-state index in [1.165, 1.54) is 10.9 Å². The van der Waals surface area contributed by atoms with Crippen LogP contribution in [0.2, 0.25) is 0 Å². The summed E-state index contributed by atoms with van der Waals surface area (Å²) in [5.41, 5.74) is 3.31. The maximum Gasteiger partial charge on any atom is 0.137 e. The summed E-state index contributed by atoms with van der Waals surface area (Å²) in [6.45, 7) is 0.801. The smallest absolute Gasteiger partial charge is 0.137 e. The molecule has 0 spiro atoms. The Bertz CT molecular complexity index is 613. The summed E-state index contributed by atoms with van der Waals surface area (Å²) in [5, 5.41) is 4.57. The van der Waals surface area contributed by atoms with Gasteiger partial charge in [0.1, 0.15) is 5.65 Å². The fraction of sp³-hybridized carbons (Fsp3) is 0.0714. The van der Waals surface area contributed by atoms with Crippen molar-refractivity contribution in [3.05, 3.63) is 60.4 Å². The minimum absolute atomic E-state index is 0.801. The molecule has 3 nitrogen and oxygen atoms in total. The molecule has 2 heterocycles. The summed E-state index contributed by atoms with van der Waals surface area (Å²) in [7, 11) is 0. The van der Waals surface area contributed by atoms with E-state index < -0.39 is 0 Å². The molecule has 0 radical (unpaired) electrons. The van der Waals surface area contributed by atoms with Crippen LogP contribution in [-0.2, 0) is 6.54 Å². The lowest BCUT2D eigenvalue weighted by Crippen LogP contribution is -1.97.